The van der Waals surface area contributed by atoms with Crippen molar-refractivity contribution in [3.05, 3.63) is 16.4 Å². The molecule has 1 N–H and O–H groups in total. The van der Waals surface area contributed by atoms with Crippen molar-refractivity contribution >= 4 is 23.5 Å². The van der Waals surface area contributed by atoms with E-state index in [1.54, 1.807) is 23.4 Å². The molecule has 0 spiro atoms. The molecule has 0 radical (unpaired) electrons. The lowest BCUT2D eigenvalue weighted by Crippen LogP contribution is -2.35. The van der Waals surface area contributed by atoms with Crippen LogP contribution in [0.1, 0.15) is 36.3 Å². The number of aromatic nitrogens is 2. The Labute approximate surface area is 122 Å². The van der Waals surface area contributed by atoms with Gasteiger partial charge in [0.25, 0.3) is 5.91 Å². The van der Waals surface area contributed by atoms with Crippen molar-refractivity contribution in [3.63, 3.8) is 0 Å². The number of aliphatic carboxylic acids is 1. The van der Waals surface area contributed by atoms with Crippen LogP contribution in [0.25, 0.3) is 0 Å². The summed E-state index contributed by atoms with van der Waals surface area (Å²) in [6.07, 6.45) is 0.451. The largest absolute Gasteiger partial charge is 0.481 e. The van der Waals surface area contributed by atoms with Gasteiger partial charge in [-0.3, -0.25) is 14.3 Å². The highest BCUT2D eigenvalue weighted by Gasteiger charge is 2.43. The molecule has 1 saturated heterocycles. The molecule has 1 aromatic heterocycles. The third-order valence-corrected chi connectivity index (χ3v) is 4.24. The van der Waals surface area contributed by atoms with Gasteiger partial charge in [0.1, 0.15) is 5.15 Å². The Morgan fingerprint density at radius 2 is 2.15 bits per heavy atom. The van der Waals surface area contributed by atoms with Crippen LogP contribution < -0.4 is 0 Å². The molecule has 1 aromatic rings. The zero-order chi connectivity index (χ0) is 15.1. The molecule has 0 bridgehead atoms. The van der Waals surface area contributed by atoms with Crippen LogP contribution in [0.3, 0.4) is 0 Å². The van der Waals surface area contributed by atoms with Crippen molar-refractivity contribution in [1.29, 1.82) is 0 Å². The molecule has 6 nitrogen and oxygen atoms in total. The van der Waals surface area contributed by atoms with Gasteiger partial charge in [-0.2, -0.15) is 5.10 Å². The molecule has 0 saturated carbocycles. The Morgan fingerprint density at radius 3 is 2.60 bits per heavy atom. The number of carbonyl (C=O) groups is 2. The SMILES string of the molecule is CCn1nc(C)c(C(=O)N2CCC(C)(C(=O)O)C2)c1Cl. The van der Waals surface area contributed by atoms with Gasteiger partial charge in [-0.05, 0) is 27.2 Å². The van der Waals surface area contributed by atoms with Crippen LogP contribution in [0.15, 0.2) is 0 Å². The third kappa shape index (κ3) is 2.28. The van der Waals surface area contributed by atoms with E-state index >= 15 is 0 Å². The van der Waals surface area contributed by atoms with Gasteiger partial charge >= 0.3 is 5.97 Å². The Morgan fingerprint density at radius 1 is 1.50 bits per heavy atom. The number of hydrogen-bond donors (Lipinski definition) is 1. The van der Waals surface area contributed by atoms with Crippen LogP contribution in [-0.2, 0) is 11.3 Å². The molecule has 7 heteroatoms. The Hall–Kier alpha value is -1.56. The highest BCUT2D eigenvalue weighted by Crippen LogP contribution is 2.32. The minimum atomic E-state index is -0.878. The summed E-state index contributed by atoms with van der Waals surface area (Å²) in [4.78, 5) is 25.3. The molecule has 1 unspecified atom stereocenters. The summed E-state index contributed by atoms with van der Waals surface area (Å²) in [5.41, 5.74) is 0.0745. The number of likely N-dealkylation sites (tertiary alicyclic amines) is 1. The zero-order valence-corrected chi connectivity index (χ0v) is 12.6. The highest BCUT2D eigenvalue weighted by atomic mass is 35.5. The quantitative estimate of drug-likeness (QED) is 0.923. The monoisotopic (exact) mass is 299 g/mol. The van der Waals surface area contributed by atoms with Crippen molar-refractivity contribution in [2.24, 2.45) is 5.41 Å². The van der Waals surface area contributed by atoms with Crippen molar-refractivity contribution in [2.45, 2.75) is 33.7 Å². The Balaban J connectivity index is 2.26. The molecule has 1 atom stereocenters. The molecular weight excluding hydrogens is 282 g/mol. The lowest BCUT2D eigenvalue weighted by atomic mass is 9.90. The van der Waals surface area contributed by atoms with Crippen LogP contribution in [0.5, 0.6) is 0 Å². The summed E-state index contributed by atoms with van der Waals surface area (Å²) >= 11 is 6.17. The number of carboxylic acid groups (broad SMARTS) is 1. The smallest absolute Gasteiger partial charge is 0.311 e. The molecule has 1 aliphatic heterocycles. The maximum atomic E-state index is 12.5. The Kier molecular flexibility index (Phi) is 3.77. The normalized spacial score (nSPS) is 22.3. The minimum absolute atomic E-state index is 0.203. The van der Waals surface area contributed by atoms with Crippen LogP contribution >= 0.6 is 11.6 Å². The molecule has 1 amide bonds. The summed E-state index contributed by atoms with van der Waals surface area (Å²) in [5.74, 6) is -1.11. The van der Waals surface area contributed by atoms with Crippen molar-refractivity contribution in [3.8, 4) is 0 Å². The molecule has 2 heterocycles. The van der Waals surface area contributed by atoms with E-state index in [9.17, 15) is 14.7 Å². The van der Waals surface area contributed by atoms with Crippen molar-refractivity contribution < 1.29 is 14.7 Å². The van der Waals surface area contributed by atoms with Crippen LogP contribution in [0, 0.1) is 12.3 Å². The van der Waals surface area contributed by atoms with Crippen LogP contribution in [0.4, 0.5) is 0 Å². The molecule has 0 aliphatic carbocycles. The number of nitrogens with zero attached hydrogens (tertiary/aromatic N) is 3. The van der Waals surface area contributed by atoms with Crippen molar-refractivity contribution in [1.82, 2.24) is 14.7 Å². The minimum Gasteiger partial charge on any atom is -0.481 e. The molecule has 0 aromatic carbocycles. The maximum Gasteiger partial charge on any atom is 0.311 e. The summed E-state index contributed by atoms with van der Waals surface area (Å²) in [6.45, 7) is 6.50. The highest BCUT2D eigenvalue weighted by molar-refractivity contribution is 6.33. The molecule has 1 aliphatic rings. The van der Waals surface area contributed by atoms with E-state index in [4.69, 9.17) is 11.6 Å². The Bertz CT molecular complexity index is 569. The van der Waals surface area contributed by atoms with Gasteiger partial charge in [0.2, 0.25) is 0 Å². The maximum absolute atomic E-state index is 12.5. The van der Waals surface area contributed by atoms with E-state index in [0.717, 1.165) is 0 Å². The predicted molar refractivity (Wildman–Crippen MR) is 73.9 cm³/mol. The zero-order valence-electron chi connectivity index (χ0n) is 11.8. The van der Waals surface area contributed by atoms with Crippen LogP contribution in [0.2, 0.25) is 5.15 Å². The van der Waals surface area contributed by atoms with Gasteiger partial charge in [-0.1, -0.05) is 11.6 Å². The number of amides is 1. The standard InChI is InChI=1S/C13H18ClN3O3/c1-4-17-10(14)9(8(2)15-17)11(18)16-6-5-13(3,7-16)12(19)20/h4-7H2,1-3H3,(H,19,20). The first-order chi connectivity index (χ1) is 9.30. The number of halogens is 1. The number of rotatable bonds is 3. The summed E-state index contributed by atoms with van der Waals surface area (Å²) < 4.78 is 1.57. The van der Waals surface area contributed by atoms with E-state index < -0.39 is 11.4 Å². The fourth-order valence-corrected chi connectivity index (χ4v) is 2.85. The molecule has 110 valence electrons. The number of hydrogen-bond acceptors (Lipinski definition) is 3. The summed E-state index contributed by atoms with van der Waals surface area (Å²) in [7, 11) is 0. The fraction of sp³-hybridized carbons (Fsp3) is 0.615. The molecular formula is C13H18ClN3O3. The number of carboxylic acids is 1. The molecule has 20 heavy (non-hydrogen) atoms. The van der Waals surface area contributed by atoms with Gasteiger partial charge in [-0.25, -0.2) is 0 Å². The average molecular weight is 300 g/mol. The van der Waals surface area contributed by atoms with Crippen LogP contribution in [-0.4, -0.2) is 44.8 Å². The molecule has 2 rings (SSSR count). The van der Waals surface area contributed by atoms with Gasteiger partial charge in [0.05, 0.1) is 16.7 Å². The van der Waals surface area contributed by atoms with Gasteiger partial charge in [0.15, 0.2) is 0 Å². The van der Waals surface area contributed by atoms with E-state index in [1.165, 1.54) is 0 Å². The van der Waals surface area contributed by atoms with Gasteiger partial charge in [-0.15, -0.1) is 0 Å². The van der Waals surface area contributed by atoms with Gasteiger partial charge < -0.3 is 10.0 Å². The fourth-order valence-electron chi connectivity index (χ4n) is 2.47. The summed E-state index contributed by atoms with van der Waals surface area (Å²) in [6, 6.07) is 0. The first kappa shape index (κ1) is 14.8. The predicted octanol–water partition coefficient (Wildman–Crippen LogP) is 1.80. The number of carbonyl (C=O) groups excluding carboxylic acids is 1. The second-order valence-electron chi connectivity index (χ2n) is 5.41. The van der Waals surface area contributed by atoms with Crippen molar-refractivity contribution in [2.75, 3.05) is 13.1 Å². The van der Waals surface area contributed by atoms with E-state index in [2.05, 4.69) is 5.10 Å². The second kappa shape index (κ2) is 5.09. The average Bonchev–Trinajstić information content (AvgIpc) is 2.91. The molecule has 1 fully saturated rings. The van der Waals surface area contributed by atoms with E-state index in [-0.39, 0.29) is 12.5 Å². The topological polar surface area (TPSA) is 75.4 Å². The third-order valence-electron chi connectivity index (χ3n) is 3.86. The first-order valence-electron chi connectivity index (χ1n) is 6.55. The van der Waals surface area contributed by atoms with E-state index in [1.807, 2.05) is 6.92 Å². The lowest BCUT2D eigenvalue weighted by molar-refractivity contribution is -0.147. The van der Waals surface area contributed by atoms with Gasteiger partial charge in [0, 0.05) is 19.6 Å². The summed E-state index contributed by atoms with van der Waals surface area (Å²) in [5, 5.41) is 13.7. The van der Waals surface area contributed by atoms with E-state index in [0.29, 0.717) is 35.9 Å². The first-order valence-corrected chi connectivity index (χ1v) is 6.93. The lowest BCUT2D eigenvalue weighted by Gasteiger charge is -2.20. The second-order valence-corrected chi connectivity index (χ2v) is 5.77. The number of aryl methyl sites for hydroxylation is 2.